The Hall–Kier alpha value is -2.12. The molecule has 0 aliphatic carbocycles. The largest absolute Gasteiger partial charge is 0.378 e. The number of ether oxygens (including phenoxy) is 1. The highest BCUT2D eigenvalue weighted by Crippen LogP contribution is 2.16. The number of nitrogens with zero attached hydrogens (tertiary/aromatic N) is 2. The van der Waals surface area contributed by atoms with Crippen molar-refractivity contribution in [3.63, 3.8) is 0 Å². The Morgan fingerprint density at radius 2 is 2.04 bits per heavy atom. The summed E-state index contributed by atoms with van der Waals surface area (Å²) < 4.78 is 5.35. The van der Waals surface area contributed by atoms with Crippen LogP contribution in [-0.2, 0) is 11.2 Å². The molecule has 1 aliphatic heterocycles. The van der Waals surface area contributed by atoms with Crippen LogP contribution >= 0.6 is 11.3 Å². The number of hydrogen-bond acceptors (Lipinski definition) is 6. The van der Waals surface area contributed by atoms with Crippen molar-refractivity contribution in [2.24, 2.45) is 0 Å². The van der Waals surface area contributed by atoms with E-state index in [2.05, 4.69) is 15.2 Å². The van der Waals surface area contributed by atoms with E-state index in [9.17, 15) is 4.79 Å². The summed E-state index contributed by atoms with van der Waals surface area (Å²) in [4.78, 5) is 18.6. The lowest BCUT2D eigenvalue weighted by Gasteiger charge is -2.28. The maximum atomic E-state index is 12.1. The molecule has 2 aromatic rings. The Kier molecular flexibility index (Phi) is 5.09. The summed E-state index contributed by atoms with van der Waals surface area (Å²) in [7, 11) is 0. The maximum Gasteiger partial charge on any atom is 0.251 e. The first-order valence-electron chi connectivity index (χ1n) is 7.63. The van der Waals surface area contributed by atoms with Gasteiger partial charge in [-0.15, -0.1) is 11.3 Å². The number of carbonyl (C=O) groups excluding carboxylic acids is 1. The van der Waals surface area contributed by atoms with Gasteiger partial charge in [-0.2, -0.15) is 0 Å². The topological polar surface area (TPSA) is 80.5 Å². The van der Waals surface area contributed by atoms with Crippen molar-refractivity contribution < 1.29 is 9.53 Å². The van der Waals surface area contributed by atoms with Crippen LogP contribution in [0.2, 0.25) is 0 Å². The fourth-order valence-electron chi connectivity index (χ4n) is 2.49. The van der Waals surface area contributed by atoms with Crippen molar-refractivity contribution in [2.75, 3.05) is 43.5 Å². The van der Waals surface area contributed by atoms with E-state index in [4.69, 9.17) is 10.5 Å². The average Bonchev–Trinajstić information content (AvgIpc) is 3.01. The lowest BCUT2D eigenvalue weighted by atomic mass is 10.1. The first-order chi connectivity index (χ1) is 11.2. The average molecular weight is 332 g/mol. The SMILES string of the molecule is Nc1nc(CCNC(=O)c2ccc(N3CCOCC3)cc2)cs1. The first-order valence-corrected chi connectivity index (χ1v) is 8.51. The molecule has 6 nitrogen and oxygen atoms in total. The van der Waals surface area contributed by atoms with Crippen molar-refractivity contribution in [1.29, 1.82) is 0 Å². The van der Waals surface area contributed by atoms with E-state index in [0.29, 0.717) is 23.7 Å². The number of aromatic nitrogens is 1. The number of benzene rings is 1. The van der Waals surface area contributed by atoms with Gasteiger partial charge in [0, 0.05) is 42.7 Å². The van der Waals surface area contributed by atoms with Gasteiger partial charge in [0.25, 0.3) is 5.91 Å². The summed E-state index contributed by atoms with van der Waals surface area (Å²) in [6, 6.07) is 7.70. The van der Waals surface area contributed by atoms with Gasteiger partial charge in [-0.1, -0.05) is 0 Å². The van der Waals surface area contributed by atoms with Crippen molar-refractivity contribution in [1.82, 2.24) is 10.3 Å². The van der Waals surface area contributed by atoms with Gasteiger partial charge in [-0.05, 0) is 24.3 Å². The van der Waals surface area contributed by atoms with E-state index in [0.717, 1.165) is 37.7 Å². The third-order valence-electron chi connectivity index (χ3n) is 3.74. The summed E-state index contributed by atoms with van der Waals surface area (Å²) in [5.74, 6) is -0.0678. The van der Waals surface area contributed by atoms with Gasteiger partial charge in [-0.3, -0.25) is 4.79 Å². The van der Waals surface area contributed by atoms with Gasteiger partial charge in [0.2, 0.25) is 0 Å². The van der Waals surface area contributed by atoms with Crippen LogP contribution in [0.15, 0.2) is 29.6 Å². The molecule has 0 radical (unpaired) electrons. The molecule has 0 unspecified atom stereocenters. The van der Waals surface area contributed by atoms with Crippen LogP contribution in [0.5, 0.6) is 0 Å². The predicted molar refractivity (Wildman–Crippen MR) is 92.0 cm³/mol. The molecule has 0 bridgehead atoms. The van der Waals surface area contributed by atoms with Gasteiger partial charge >= 0.3 is 0 Å². The van der Waals surface area contributed by atoms with Crippen LogP contribution in [0, 0.1) is 0 Å². The Labute approximate surface area is 139 Å². The fourth-order valence-corrected chi connectivity index (χ4v) is 3.09. The maximum absolute atomic E-state index is 12.1. The third kappa shape index (κ3) is 4.20. The molecule has 1 aliphatic rings. The molecular formula is C16H20N4O2S. The molecule has 0 spiro atoms. The van der Waals surface area contributed by atoms with Crippen LogP contribution in [-0.4, -0.2) is 43.7 Å². The highest BCUT2D eigenvalue weighted by molar-refractivity contribution is 7.13. The van der Waals surface area contributed by atoms with E-state index in [-0.39, 0.29) is 5.91 Å². The highest BCUT2D eigenvalue weighted by Gasteiger charge is 2.12. The molecule has 1 amide bonds. The highest BCUT2D eigenvalue weighted by atomic mass is 32.1. The number of nitrogens with one attached hydrogen (secondary N) is 1. The predicted octanol–water partition coefficient (Wildman–Crippen LogP) is 1.53. The number of morpholine rings is 1. The van der Waals surface area contributed by atoms with Crippen LogP contribution in [0.4, 0.5) is 10.8 Å². The molecule has 0 atom stereocenters. The van der Waals surface area contributed by atoms with Crippen LogP contribution in [0.25, 0.3) is 0 Å². The molecule has 1 aromatic carbocycles. The van der Waals surface area contributed by atoms with Gasteiger partial charge in [0.15, 0.2) is 5.13 Å². The molecule has 2 heterocycles. The fraction of sp³-hybridized carbons (Fsp3) is 0.375. The molecule has 1 saturated heterocycles. The van der Waals surface area contributed by atoms with Crippen molar-refractivity contribution in [3.05, 3.63) is 40.9 Å². The van der Waals surface area contributed by atoms with E-state index in [1.54, 1.807) is 0 Å². The van der Waals surface area contributed by atoms with Crippen molar-refractivity contribution >= 4 is 28.1 Å². The minimum Gasteiger partial charge on any atom is -0.378 e. The molecular weight excluding hydrogens is 312 g/mol. The van der Waals surface area contributed by atoms with E-state index in [1.165, 1.54) is 11.3 Å². The number of thiazole rings is 1. The number of hydrogen-bond donors (Lipinski definition) is 2. The molecule has 1 aromatic heterocycles. The minimum absolute atomic E-state index is 0.0678. The zero-order chi connectivity index (χ0) is 16.1. The van der Waals surface area contributed by atoms with Crippen LogP contribution in [0.3, 0.4) is 0 Å². The zero-order valence-electron chi connectivity index (χ0n) is 12.8. The number of nitrogen functional groups attached to an aromatic ring is 1. The Morgan fingerprint density at radius 3 is 2.70 bits per heavy atom. The summed E-state index contributed by atoms with van der Waals surface area (Å²) in [6.45, 7) is 3.84. The molecule has 122 valence electrons. The van der Waals surface area contributed by atoms with E-state index < -0.39 is 0 Å². The second kappa shape index (κ2) is 7.43. The minimum atomic E-state index is -0.0678. The van der Waals surface area contributed by atoms with E-state index >= 15 is 0 Å². The number of rotatable bonds is 5. The molecule has 7 heteroatoms. The normalized spacial score (nSPS) is 14.7. The summed E-state index contributed by atoms with van der Waals surface area (Å²) in [5.41, 5.74) is 8.29. The van der Waals surface area contributed by atoms with Crippen molar-refractivity contribution in [2.45, 2.75) is 6.42 Å². The summed E-state index contributed by atoms with van der Waals surface area (Å²) in [5, 5.41) is 5.38. The Morgan fingerprint density at radius 1 is 1.30 bits per heavy atom. The third-order valence-corrected chi connectivity index (χ3v) is 4.46. The standard InChI is InChI=1S/C16H20N4O2S/c17-16-19-13(11-23-16)5-6-18-15(21)12-1-3-14(4-2-12)20-7-9-22-10-8-20/h1-4,11H,5-10H2,(H2,17,19)(H,18,21). The monoisotopic (exact) mass is 332 g/mol. The number of nitrogens with two attached hydrogens (primary N) is 1. The molecule has 1 fully saturated rings. The van der Waals surface area contributed by atoms with E-state index in [1.807, 2.05) is 29.6 Å². The summed E-state index contributed by atoms with van der Waals surface area (Å²) in [6.07, 6.45) is 0.686. The number of amides is 1. The number of carbonyl (C=O) groups is 1. The van der Waals surface area contributed by atoms with Gasteiger partial charge in [-0.25, -0.2) is 4.98 Å². The second-order valence-electron chi connectivity index (χ2n) is 5.33. The lowest BCUT2D eigenvalue weighted by molar-refractivity contribution is 0.0954. The smallest absolute Gasteiger partial charge is 0.251 e. The van der Waals surface area contributed by atoms with Crippen molar-refractivity contribution in [3.8, 4) is 0 Å². The first kappa shape index (κ1) is 15.8. The van der Waals surface area contributed by atoms with Crippen LogP contribution in [0.1, 0.15) is 16.1 Å². The molecule has 3 rings (SSSR count). The molecule has 23 heavy (non-hydrogen) atoms. The summed E-state index contributed by atoms with van der Waals surface area (Å²) >= 11 is 1.42. The second-order valence-corrected chi connectivity index (χ2v) is 6.22. The Bertz CT molecular complexity index is 650. The Balaban J connectivity index is 1.50. The van der Waals surface area contributed by atoms with Crippen LogP contribution < -0.4 is 16.0 Å². The quantitative estimate of drug-likeness (QED) is 0.868. The van der Waals surface area contributed by atoms with Gasteiger partial charge in [0.05, 0.1) is 18.9 Å². The zero-order valence-corrected chi connectivity index (χ0v) is 13.6. The molecule has 0 saturated carbocycles. The number of anilines is 2. The van der Waals surface area contributed by atoms with Gasteiger partial charge < -0.3 is 20.7 Å². The lowest BCUT2D eigenvalue weighted by Crippen LogP contribution is -2.36. The molecule has 3 N–H and O–H groups in total. The van der Waals surface area contributed by atoms with Gasteiger partial charge in [0.1, 0.15) is 0 Å².